The third kappa shape index (κ3) is 2.87. The van der Waals surface area contributed by atoms with Crippen LogP contribution in [0.1, 0.15) is 29.5 Å². The molecule has 3 nitrogen and oxygen atoms in total. The molecule has 2 N–H and O–H groups in total. The Morgan fingerprint density at radius 1 is 1.44 bits per heavy atom. The first-order valence-corrected chi connectivity index (χ1v) is 6.26. The second-order valence-corrected chi connectivity index (χ2v) is 4.59. The summed E-state index contributed by atoms with van der Waals surface area (Å²) >= 11 is 1.72. The molecule has 0 amide bonds. The van der Waals surface area contributed by atoms with Gasteiger partial charge >= 0.3 is 0 Å². The maximum atomic E-state index is 6.09. The Morgan fingerprint density at radius 2 is 2.31 bits per heavy atom. The molecular formula is C12H15N3S. The molecule has 0 saturated heterocycles. The third-order valence-corrected chi connectivity index (χ3v) is 3.23. The quantitative estimate of drug-likeness (QED) is 0.882. The zero-order valence-corrected chi connectivity index (χ0v) is 10.1. The minimum Gasteiger partial charge on any atom is -0.323 e. The van der Waals surface area contributed by atoms with Gasteiger partial charge in [-0.05, 0) is 48.2 Å². The van der Waals surface area contributed by atoms with E-state index in [0.29, 0.717) is 0 Å². The van der Waals surface area contributed by atoms with Crippen molar-refractivity contribution in [3.05, 3.63) is 46.2 Å². The summed E-state index contributed by atoms with van der Waals surface area (Å²) < 4.78 is 0. The van der Waals surface area contributed by atoms with Crippen molar-refractivity contribution in [3.8, 4) is 0 Å². The molecule has 1 unspecified atom stereocenters. The molecule has 0 radical (unpaired) electrons. The first-order chi connectivity index (χ1) is 7.75. The first-order valence-electron chi connectivity index (χ1n) is 5.32. The lowest BCUT2D eigenvalue weighted by Gasteiger charge is -2.10. The minimum absolute atomic E-state index is 0.00148. The summed E-state index contributed by atoms with van der Waals surface area (Å²) in [5.41, 5.74) is 8.38. The molecule has 4 heteroatoms. The van der Waals surface area contributed by atoms with Gasteiger partial charge in [0.25, 0.3) is 0 Å². The molecule has 0 aliphatic rings. The topological polar surface area (TPSA) is 51.8 Å². The van der Waals surface area contributed by atoms with Gasteiger partial charge in [-0.2, -0.15) is 11.3 Å². The van der Waals surface area contributed by atoms with Gasteiger partial charge in [0.1, 0.15) is 5.82 Å². The van der Waals surface area contributed by atoms with Crippen molar-refractivity contribution in [1.82, 2.24) is 9.97 Å². The van der Waals surface area contributed by atoms with Crippen molar-refractivity contribution in [2.24, 2.45) is 5.73 Å². The highest BCUT2D eigenvalue weighted by atomic mass is 32.1. The number of hydrogen-bond donors (Lipinski definition) is 1. The van der Waals surface area contributed by atoms with Crippen molar-refractivity contribution >= 4 is 11.3 Å². The summed E-state index contributed by atoms with van der Waals surface area (Å²) in [6.45, 7) is 1.88. The van der Waals surface area contributed by atoms with E-state index in [0.717, 1.165) is 24.4 Å². The summed E-state index contributed by atoms with van der Waals surface area (Å²) in [5.74, 6) is 0.781. The molecule has 0 bridgehead atoms. The second-order valence-electron chi connectivity index (χ2n) is 3.81. The largest absolute Gasteiger partial charge is 0.323 e. The maximum absolute atomic E-state index is 6.09. The van der Waals surface area contributed by atoms with E-state index in [1.807, 2.05) is 13.0 Å². The van der Waals surface area contributed by atoms with Gasteiger partial charge in [-0.25, -0.2) is 9.97 Å². The van der Waals surface area contributed by atoms with Crippen molar-refractivity contribution in [1.29, 1.82) is 0 Å². The Balaban J connectivity index is 1.95. The van der Waals surface area contributed by atoms with E-state index >= 15 is 0 Å². The number of rotatable bonds is 4. The monoisotopic (exact) mass is 233 g/mol. The Labute approximate surface area is 99.4 Å². The zero-order valence-electron chi connectivity index (χ0n) is 9.26. The smallest absolute Gasteiger partial charge is 0.125 e. The van der Waals surface area contributed by atoms with Crippen LogP contribution < -0.4 is 5.73 Å². The molecule has 0 aromatic carbocycles. The summed E-state index contributed by atoms with van der Waals surface area (Å²) in [7, 11) is 0. The molecule has 2 heterocycles. The number of nitrogens with zero attached hydrogens (tertiary/aromatic N) is 2. The van der Waals surface area contributed by atoms with Crippen molar-refractivity contribution in [2.75, 3.05) is 0 Å². The van der Waals surface area contributed by atoms with Crippen LogP contribution in [0.4, 0.5) is 0 Å². The molecule has 16 heavy (non-hydrogen) atoms. The molecule has 2 aromatic heterocycles. The average Bonchev–Trinajstić information content (AvgIpc) is 2.78. The Bertz CT molecular complexity index is 439. The van der Waals surface area contributed by atoms with Crippen molar-refractivity contribution < 1.29 is 0 Å². The van der Waals surface area contributed by atoms with E-state index in [-0.39, 0.29) is 6.04 Å². The van der Waals surface area contributed by atoms with Crippen LogP contribution in [-0.2, 0) is 6.42 Å². The van der Waals surface area contributed by atoms with Crippen LogP contribution in [0.5, 0.6) is 0 Å². The van der Waals surface area contributed by atoms with E-state index < -0.39 is 0 Å². The molecule has 0 fully saturated rings. The number of thiophene rings is 1. The van der Waals surface area contributed by atoms with Crippen LogP contribution in [0.2, 0.25) is 0 Å². The first kappa shape index (κ1) is 11.2. The highest BCUT2D eigenvalue weighted by Crippen LogP contribution is 2.16. The number of aryl methyl sites for hydroxylation is 2. The van der Waals surface area contributed by atoms with Crippen molar-refractivity contribution in [2.45, 2.75) is 25.8 Å². The van der Waals surface area contributed by atoms with E-state index in [2.05, 4.69) is 26.8 Å². The molecule has 0 aliphatic heterocycles. The van der Waals surface area contributed by atoms with Gasteiger partial charge in [-0.3, -0.25) is 0 Å². The van der Waals surface area contributed by atoms with Gasteiger partial charge < -0.3 is 5.73 Å². The van der Waals surface area contributed by atoms with Crippen LogP contribution in [0.25, 0.3) is 0 Å². The van der Waals surface area contributed by atoms with Gasteiger partial charge in [0.2, 0.25) is 0 Å². The Hall–Kier alpha value is -1.26. The van der Waals surface area contributed by atoms with Gasteiger partial charge in [-0.1, -0.05) is 0 Å². The molecule has 2 aromatic rings. The predicted molar refractivity (Wildman–Crippen MR) is 66.3 cm³/mol. The van der Waals surface area contributed by atoms with Gasteiger partial charge in [-0.15, -0.1) is 0 Å². The lowest BCUT2D eigenvalue weighted by atomic mass is 10.1. The summed E-state index contributed by atoms with van der Waals surface area (Å²) in [4.78, 5) is 8.41. The predicted octanol–water partition coefficient (Wildman–Crippen LogP) is 2.48. The van der Waals surface area contributed by atoms with Gasteiger partial charge in [0.15, 0.2) is 0 Å². The van der Waals surface area contributed by atoms with E-state index in [1.165, 1.54) is 5.56 Å². The summed E-state index contributed by atoms with van der Waals surface area (Å²) in [5, 5.41) is 4.26. The molecule has 0 saturated carbocycles. The van der Waals surface area contributed by atoms with Crippen LogP contribution >= 0.6 is 11.3 Å². The summed E-state index contributed by atoms with van der Waals surface area (Å²) in [6.07, 6.45) is 3.70. The fourth-order valence-electron chi connectivity index (χ4n) is 1.59. The molecule has 1 atom stereocenters. The number of aromatic nitrogens is 2. The molecule has 0 spiro atoms. The lowest BCUT2D eigenvalue weighted by Crippen LogP contribution is -2.13. The maximum Gasteiger partial charge on any atom is 0.125 e. The molecule has 84 valence electrons. The second kappa shape index (κ2) is 5.18. The number of hydrogen-bond acceptors (Lipinski definition) is 4. The van der Waals surface area contributed by atoms with Crippen LogP contribution in [0.3, 0.4) is 0 Å². The Morgan fingerprint density at radius 3 is 3.00 bits per heavy atom. The highest BCUT2D eigenvalue weighted by Gasteiger charge is 2.08. The average molecular weight is 233 g/mol. The van der Waals surface area contributed by atoms with E-state index in [9.17, 15) is 0 Å². The molecule has 0 aliphatic carbocycles. The standard InChI is InChI=1S/C12H15N3S/c1-9-14-6-4-12(15-9)11(13)3-2-10-5-7-16-8-10/h4-8,11H,2-3,13H2,1H3. The van der Waals surface area contributed by atoms with Crippen LogP contribution in [0, 0.1) is 6.92 Å². The highest BCUT2D eigenvalue weighted by molar-refractivity contribution is 7.07. The van der Waals surface area contributed by atoms with Crippen molar-refractivity contribution in [3.63, 3.8) is 0 Å². The van der Waals surface area contributed by atoms with Gasteiger partial charge in [0, 0.05) is 12.2 Å². The SMILES string of the molecule is Cc1nccc(C(N)CCc2ccsc2)n1. The fraction of sp³-hybridized carbons (Fsp3) is 0.333. The zero-order chi connectivity index (χ0) is 11.4. The Kier molecular flexibility index (Phi) is 3.64. The van der Waals surface area contributed by atoms with E-state index in [1.54, 1.807) is 17.5 Å². The normalized spacial score (nSPS) is 12.6. The lowest BCUT2D eigenvalue weighted by molar-refractivity contribution is 0.629. The minimum atomic E-state index is 0.00148. The molecule has 2 rings (SSSR count). The van der Waals surface area contributed by atoms with Gasteiger partial charge in [0.05, 0.1) is 5.69 Å². The van der Waals surface area contributed by atoms with Crippen LogP contribution in [0.15, 0.2) is 29.1 Å². The molecular weight excluding hydrogens is 218 g/mol. The summed E-state index contributed by atoms with van der Waals surface area (Å²) in [6, 6.07) is 4.04. The number of nitrogens with two attached hydrogens (primary N) is 1. The van der Waals surface area contributed by atoms with E-state index in [4.69, 9.17) is 5.73 Å². The third-order valence-electron chi connectivity index (χ3n) is 2.50. The van der Waals surface area contributed by atoms with Crippen LogP contribution in [-0.4, -0.2) is 9.97 Å². The fourth-order valence-corrected chi connectivity index (χ4v) is 2.29.